The summed E-state index contributed by atoms with van der Waals surface area (Å²) < 4.78 is 0. The SMILES string of the molecule is CNc1nc(N)c(C(=O)Nc2cccc3ccccc23)s1. The van der Waals surface area contributed by atoms with Crippen molar-refractivity contribution in [2.45, 2.75) is 0 Å². The summed E-state index contributed by atoms with van der Waals surface area (Å²) in [6, 6.07) is 13.7. The summed E-state index contributed by atoms with van der Waals surface area (Å²) in [5, 5.41) is 8.47. The molecule has 6 heteroatoms. The van der Waals surface area contributed by atoms with Gasteiger partial charge >= 0.3 is 0 Å². The van der Waals surface area contributed by atoms with Gasteiger partial charge in [0.1, 0.15) is 10.7 Å². The number of carbonyl (C=O) groups is 1. The third-order valence-corrected chi connectivity index (χ3v) is 4.20. The Morgan fingerprint density at radius 3 is 2.71 bits per heavy atom. The molecule has 4 N–H and O–H groups in total. The van der Waals surface area contributed by atoms with Gasteiger partial charge in [0.05, 0.1) is 0 Å². The fraction of sp³-hybridized carbons (Fsp3) is 0.0667. The van der Waals surface area contributed by atoms with Crippen LogP contribution in [0.5, 0.6) is 0 Å². The Morgan fingerprint density at radius 2 is 1.95 bits per heavy atom. The Balaban J connectivity index is 1.94. The van der Waals surface area contributed by atoms with Gasteiger partial charge in [0, 0.05) is 18.1 Å². The van der Waals surface area contributed by atoms with Crippen molar-refractivity contribution >= 4 is 44.7 Å². The van der Waals surface area contributed by atoms with Gasteiger partial charge in [-0.2, -0.15) is 0 Å². The van der Waals surface area contributed by atoms with Crippen LogP contribution in [0.3, 0.4) is 0 Å². The molecule has 106 valence electrons. The second-order valence-electron chi connectivity index (χ2n) is 4.46. The van der Waals surface area contributed by atoms with Gasteiger partial charge < -0.3 is 16.4 Å². The maximum atomic E-state index is 12.4. The predicted molar refractivity (Wildman–Crippen MR) is 88.0 cm³/mol. The van der Waals surface area contributed by atoms with Crippen LogP contribution in [0.1, 0.15) is 9.67 Å². The van der Waals surface area contributed by atoms with Crippen molar-refractivity contribution in [2.24, 2.45) is 0 Å². The van der Waals surface area contributed by atoms with E-state index in [2.05, 4.69) is 15.6 Å². The average Bonchev–Trinajstić information content (AvgIpc) is 2.89. The fourth-order valence-electron chi connectivity index (χ4n) is 2.12. The molecule has 1 amide bonds. The number of carbonyl (C=O) groups excluding carboxylic acids is 1. The lowest BCUT2D eigenvalue weighted by atomic mass is 10.1. The Hall–Kier alpha value is -2.60. The van der Waals surface area contributed by atoms with Crippen LogP contribution < -0.4 is 16.4 Å². The Labute approximate surface area is 125 Å². The molecule has 0 saturated heterocycles. The fourth-order valence-corrected chi connectivity index (χ4v) is 2.85. The molecule has 0 spiro atoms. The Bertz CT molecular complexity index is 807. The number of nitrogens with two attached hydrogens (primary N) is 1. The van der Waals surface area contributed by atoms with Crippen LogP contribution in [0, 0.1) is 0 Å². The number of hydrogen-bond donors (Lipinski definition) is 3. The van der Waals surface area contributed by atoms with E-state index in [1.165, 1.54) is 11.3 Å². The highest BCUT2D eigenvalue weighted by molar-refractivity contribution is 7.18. The van der Waals surface area contributed by atoms with E-state index >= 15 is 0 Å². The summed E-state index contributed by atoms with van der Waals surface area (Å²) in [5.41, 5.74) is 6.54. The molecule has 0 unspecified atom stereocenters. The first-order valence-corrected chi connectivity index (χ1v) is 7.24. The van der Waals surface area contributed by atoms with E-state index in [0.717, 1.165) is 16.5 Å². The van der Waals surface area contributed by atoms with Crippen molar-refractivity contribution in [3.05, 3.63) is 47.3 Å². The number of anilines is 3. The molecule has 3 aromatic rings. The monoisotopic (exact) mass is 298 g/mol. The van der Waals surface area contributed by atoms with Gasteiger partial charge in [0.2, 0.25) is 0 Å². The minimum absolute atomic E-state index is 0.238. The average molecular weight is 298 g/mol. The molecule has 0 saturated carbocycles. The number of nitrogens with one attached hydrogen (secondary N) is 2. The van der Waals surface area contributed by atoms with E-state index in [-0.39, 0.29) is 11.7 Å². The lowest BCUT2D eigenvalue weighted by Gasteiger charge is -2.07. The van der Waals surface area contributed by atoms with Crippen molar-refractivity contribution < 1.29 is 4.79 Å². The van der Waals surface area contributed by atoms with Crippen molar-refractivity contribution in [1.29, 1.82) is 0 Å². The summed E-state index contributed by atoms with van der Waals surface area (Å²) in [7, 11) is 1.74. The molecule has 3 rings (SSSR count). The standard InChI is InChI=1S/C15H14N4OS/c1-17-15-19-13(16)12(21-15)14(20)18-11-8-4-6-9-5-2-3-7-10(9)11/h2-8H,16H2,1H3,(H,17,19)(H,18,20). The molecule has 0 atom stereocenters. The molecule has 0 aliphatic rings. The highest BCUT2D eigenvalue weighted by Gasteiger charge is 2.16. The Kier molecular flexibility index (Phi) is 3.45. The smallest absolute Gasteiger partial charge is 0.269 e. The minimum atomic E-state index is -0.247. The van der Waals surface area contributed by atoms with Crippen molar-refractivity contribution in [2.75, 3.05) is 23.4 Å². The van der Waals surface area contributed by atoms with Crippen molar-refractivity contribution in [3.63, 3.8) is 0 Å². The molecule has 1 heterocycles. The van der Waals surface area contributed by atoms with E-state index in [0.29, 0.717) is 10.0 Å². The second-order valence-corrected chi connectivity index (χ2v) is 5.46. The highest BCUT2D eigenvalue weighted by atomic mass is 32.1. The molecule has 0 aliphatic carbocycles. The van der Waals surface area contributed by atoms with Crippen molar-refractivity contribution in [1.82, 2.24) is 4.98 Å². The zero-order chi connectivity index (χ0) is 14.8. The van der Waals surface area contributed by atoms with Crippen LogP contribution in [0.15, 0.2) is 42.5 Å². The summed E-state index contributed by atoms with van der Waals surface area (Å²) in [6.45, 7) is 0. The lowest BCUT2D eigenvalue weighted by Crippen LogP contribution is -2.12. The summed E-state index contributed by atoms with van der Waals surface area (Å²) in [6.07, 6.45) is 0. The summed E-state index contributed by atoms with van der Waals surface area (Å²) in [4.78, 5) is 16.8. The van der Waals surface area contributed by atoms with E-state index in [1.807, 2.05) is 42.5 Å². The number of nitrogen functional groups attached to an aromatic ring is 1. The van der Waals surface area contributed by atoms with Gasteiger partial charge in [-0.3, -0.25) is 4.79 Å². The summed E-state index contributed by atoms with van der Waals surface area (Å²) in [5.74, 6) is -0.00932. The molecule has 0 radical (unpaired) electrons. The highest BCUT2D eigenvalue weighted by Crippen LogP contribution is 2.27. The number of nitrogens with zero attached hydrogens (tertiary/aromatic N) is 1. The first-order chi connectivity index (χ1) is 10.2. The minimum Gasteiger partial charge on any atom is -0.382 e. The topological polar surface area (TPSA) is 80.0 Å². The van der Waals surface area contributed by atoms with Crippen LogP contribution in [0.25, 0.3) is 10.8 Å². The normalized spacial score (nSPS) is 10.5. The molecule has 21 heavy (non-hydrogen) atoms. The number of hydrogen-bond acceptors (Lipinski definition) is 5. The first kappa shape index (κ1) is 13.4. The molecule has 5 nitrogen and oxygen atoms in total. The number of thiazole rings is 1. The second kappa shape index (κ2) is 5.41. The molecule has 1 aromatic heterocycles. The third kappa shape index (κ3) is 2.53. The third-order valence-electron chi connectivity index (χ3n) is 3.11. The van der Waals surface area contributed by atoms with Gasteiger partial charge in [-0.1, -0.05) is 47.7 Å². The molecular weight excluding hydrogens is 284 g/mol. The van der Waals surface area contributed by atoms with E-state index in [4.69, 9.17) is 5.73 Å². The van der Waals surface area contributed by atoms with Gasteiger partial charge in [-0.25, -0.2) is 4.98 Å². The Morgan fingerprint density at radius 1 is 1.19 bits per heavy atom. The maximum Gasteiger partial charge on any atom is 0.269 e. The van der Waals surface area contributed by atoms with E-state index in [1.54, 1.807) is 7.05 Å². The number of amides is 1. The van der Waals surface area contributed by atoms with Crippen LogP contribution in [-0.4, -0.2) is 17.9 Å². The molecule has 0 fully saturated rings. The van der Waals surface area contributed by atoms with Crippen molar-refractivity contribution in [3.8, 4) is 0 Å². The molecule has 0 aliphatic heterocycles. The zero-order valence-corrected chi connectivity index (χ0v) is 12.2. The first-order valence-electron chi connectivity index (χ1n) is 6.42. The molecule has 2 aromatic carbocycles. The predicted octanol–water partition coefficient (Wildman–Crippen LogP) is 3.17. The summed E-state index contributed by atoms with van der Waals surface area (Å²) >= 11 is 1.23. The van der Waals surface area contributed by atoms with E-state index in [9.17, 15) is 4.79 Å². The number of rotatable bonds is 3. The van der Waals surface area contributed by atoms with Crippen LogP contribution in [0.2, 0.25) is 0 Å². The maximum absolute atomic E-state index is 12.4. The zero-order valence-electron chi connectivity index (χ0n) is 11.4. The van der Waals surface area contributed by atoms with Gasteiger partial charge in [0.15, 0.2) is 5.13 Å². The molecule has 0 bridgehead atoms. The van der Waals surface area contributed by atoms with Gasteiger partial charge in [-0.15, -0.1) is 0 Å². The van der Waals surface area contributed by atoms with Gasteiger partial charge in [-0.05, 0) is 11.5 Å². The number of aromatic nitrogens is 1. The number of benzene rings is 2. The van der Waals surface area contributed by atoms with Gasteiger partial charge in [0.25, 0.3) is 5.91 Å². The largest absolute Gasteiger partial charge is 0.382 e. The lowest BCUT2D eigenvalue weighted by molar-refractivity contribution is 0.103. The van der Waals surface area contributed by atoms with E-state index < -0.39 is 0 Å². The number of fused-ring (bicyclic) bond motifs is 1. The molecular formula is C15H14N4OS. The van der Waals surface area contributed by atoms with Crippen LogP contribution >= 0.6 is 11.3 Å². The quantitative estimate of drug-likeness (QED) is 0.694. The van der Waals surface area contributed by atoms with Crippen LogP contribution in [-0.2, 0) is 0 Å². The van der Waals surface area contributed by atoms with Crippen LogP contribution in [0.4, 0.5) is 16.6 Å².